The highest BCUT2D eigenvalue weighted by atomic mass is 32.2. The molecule has 0 N–H and O–H groups in total. The minimum atomic E-state index is -3.03. The van der Waals surface area contributed by atoms with Crippen molar-refractivity contribution in [2.75, 3.05) is 24.6 Å². The first-order valence-electron chi connectivity index (χ1n) is 9.02. The molecule has 3 aromatic rings. The van der Waals surface area contributed by atoms with E-state index in [0.29, 0.717) is 13.1 Å². The Balaban J connectivity index is 1.51. The second-order valence-corrected chi connectivity index (χ2v) is 10.1. The van der Waals surface area contributed by atoms with Crippen LogP contribution in [0.2, 0.25) is 0 Å². The van der Waals surface area contributed by atoms with Crippen LogP contribution in [-0.2, 0) is 26.0 Å². The Morgan fingerprint density at radius 2 is 1.75 bits per heavy atom. The number of ether oxygens (including phenoxy) is 1. The van der Waals surface area contributed by atoms with Crippen LogP contribution in [0.5, 0.6) is 0 Å². The van der Waals surface area contributed by atoms with E-state index in [1.165, 1.54) is 11.3 Å². The first-order chi connectivity index (χ1) is 13.5. The molecule has 0 amide bonds. The number of carbonyl (C=O) groups is 1. The van der Waals surface area contributed by atoms with E-state index >= 15 is 0 Å². The van der Waals surface area contributed by atoms with Crippen LogP contribution < -0.4 is 0 Å². The summed E-state index contributed by atoms with van der Waals surface area (Å²) in [5.41, 5.74) is 1.69. The highest BCUT2D eigenvalue weighted by Gasteiger charge is 2.33. The third kappa shape index (κ3) is 4.24. The molecular weight excluding hydrogens is 396 g/mol. The second-order valence-electron chi connectivity index (χ2n) is 6.68. The summed E-state index contributed by atoms with van der Waals surface area (Å²) in [5.74, 6) is -0.270. The maximum absolute atomic E-state index is 13.0. The molecule has 2 heterocycles. The zero-order valence-corrected chi connectivity index (χ0v) is 16.8. The average Bonchev–Trinajstić information content (AvgIpc) is 3.12. The summed E-state index contributed by atoms with van der Waals surface area (Å²) in [4.78, 5) is 19.3. The fourth-order valence-corrected chi connectivity index (χ4v) is 5.42. The van der Waals surface area contributed by atoms with Crippen LogP contribution in [0.4, 0.5) is 0 Å². The van der Waals surface area contributed by atoms with E-state index in [9.17, 15) is 13.2 Å². The van der Waals surface area contributed by atoms with E-state index in [2.05, 4.69) is 4.98 Å². The summed E-state index contributed by atoms with van der Waals surface area (Å²) in [7, 11) is -3.03. The maximum Gasteiger partial charge on any atom is 0.328 e. The van der Waals surface area contributed by atoms with E-state index < -0.39 is 15.9 Å². The summed E-state index contributed by atoms with van der Waals surface area (Å²) in [6.07, 6.45) is 0. The summed E-state index contributed by atoms with van der Waals surface area (Å²) in [5, 5.41) is 0.739. The number of fused-ring (bicyclic) bond motifs is 1. The normalized spacial score (nSPS) is 18.0. The van der Waals surface area contributed by atoms with E-state index in [-0.39, 0.29) is 24.1 Å². The zero-order valence-electron chi connectivity index (χ0n) is 15.2. The zero-order chi connectivity index (χ0) is 19.6. The standard InChI is InChI=1S/C20H20N2O4S2/c23-20(26-14-18-21-16-8-4-5-9-17(16)27-18)19(15-6-2-1-3-7-15)22-10-12-28(24,25)13-11-22/h1-9,19H,10-14H2. The maximum atomic E-state index is 13.0. The number of hydrogen-bond donors (Lipinski definition) is 0. The van der Waals surface area contributed by atoms with Gasteiger partial charge in [0.2, 0.25) is 0 Å². The molecule has 0 bridgehead atoms. The predicted octanol–water partition coefficient (Wildman–Crippen LogP) is 2.81. The first-order valence-corrected chi connectivity index (χ1v) is 11.7. The smallest absolute Gasteiger partial charge is 0.328 e. The lowest BCUT2D eigenvalue weighted by molar-refractivity contribution is -0.151. The van der Waals surface area contributed by atoms with Gasteiger partial charge >= 0.3 is 5.97 Å². The number of thiazole rings is 1. The molecule has 1 aliphatic heterocycles. The van der Waals surface area contributed by atoms with Crippen LogP contribution in [0, 0.1) is 0 Å². The number of benzene rings is 2. The molecule has 0 radical (unpaired) electrons. The van der Waals surface area contributed by atoms with Crippen molar-refractivity contribution < 1.29 is 17.9 Å². The summed E-state index contributed by atoms with van der Waals surface area (Å²) in [6.45, 7) is 0.740. The molecule has 6 nitrogen and oxygen atoms in total. The number of para-hydroxylation sites is 1. The molecule has 0 saturated carbocycles. The van der Waals surface area contributed by atoms with Gasteiger partial charge in [0.1, 0.15) is 17.7 Å². The molecule has 1 fully saturated rings. The Morgan fingerprint density at radius 1 is 1.07 bits per heavy atom. The summed E-state index contributed by atoms with van der Waals surface area (Å²) in [6, 6.07) is 16.5. The Morgan fingerprint density at radius 3 is 2.46 bits per heavy atom. The number of esters is 1. The van der Waals surface area contributed by atoms with Gasteiger partial charge in [0.05, 0.1) is 21.7 Å². The molecule has 1 aliphatic rings. The fourth-order valence-electron chi connectivity index (χ4n) is 3.31. The van der Waals surface area contributed by atoms with Gasteiger partial charge < -0.3 is 4.74 Å². The number of hydrogen-bond acceptors (Lipinski definition) is 7. The molecule has 4 rings (SSSR count). The van der Waals surface area contributed by atoms with Gasteiger partial charge in [-0.15, -0.1) is 11.3 Å². The van der Waals surface area contributed by atoms with Crippen LogP contribution in [-0.4, -0.2) is 48.9 Å². The van der Waals surface area contributed by atoms with Gasteiger partial charge in [-0.1, -0.05) is 42.5 Å². The highest BCUT2D eigenvalue weighted by Crippen LogP contribution is 2.26. The lowest BCUT2D eigenvalue weighted by Crippen LogP contribution is -2.45. The van der Waals surface area contributed by atoms with E-state index in [0.717, 1.165) is 20.8 Å². The molecular formula is C20H20N2O4S2. The fraction of sp³-hybridized carbons (Fsp3) is 0.300. The Hall–Kier alpha value is -2.29. The summed E-state index contributed by atoms with van der Waals surface area (Å²) >= 11 is 1.50. The third-order valence-electron chi connectivity index (χ3n) is 4.76. The Kier molecular flexibility index (Phi) is 5.43. The number of carbonyl (C=O) groups excluding carboxylic acids is 1. The number of rotatable bonds is 5. The molecule has 0 spiro atoms. The number of aromatic nitrogens is 1. The van der Waals surface area contributed by atoms with Crippen LogP contribution in [0.25, 0.3) is 10.2 Å². The van der Waals surface area contributed by atoms with Crippen LogP contribution in [0.15, 0.2) is 54.6 Å². The molecule has 1 saturated heterocycles. The van der Waals surface area contributed by atoms with Gasteiger partial charge in [-0.05, 0) is 17.7 Å². The van der Waals surface area contributed by atoms with Gasteiger partial charge in [0, 0.05) is 13.1 Å². The van der Waals surface area contributed by atoms with Crippen molar-refractivity contribution in [3.8, 4) is 0 Å². The molecule has 1 aromatic heterocycles. The Labute approximate surface area is 167 Å². The molecule has 146 valence electrons. The summed E-state index contributed by atoms with van der Waals surface area (Å²) < 4.78 is 30.2. The minimum Gasteiger partial charge on any atom is -0.457 e. The second kappa shape index (κ2) is 7.98. The SMILES string of the molecule is O=C(OCc1nc2ccccc2s1)C(c1ccccc1)N1CCS(=O)(=O)CC1. The van der Waals surface area contributed by atoms with E-state index in [4.69, 9.17) is 4.74 Å². The molecule has 1 atom stereocenters. The van der Waals surface area contributed by atoms with Gasteiger partial charge in [-0.25, -0.2) is 18.2 Å². The van der Waals surface area contributed by atoms with Gasteiger partial charge in [0.25, 0.3) is 0 Å². The quantitative estimate of drug-likeness (QED) is 0.596. The lowest BCUT2D eigenvalue weighted by atomic mass is 10.1. The van der Waals surface area contributed by atoms with Crippen molar-refractivity contribution in [1.82, 2.24) is 9.88 Å². The van der Waals surface area contributed by atoms with E-state index in [1.807, 2.05) is 59.5 Å². The molecule has 0 aliphatic carbocycles. The minimum absolute atomic E-state index is 0.0570. The Bertz CT molecular complexity index is 1030. The van der Waals surface area contributed by atoms with Crippen LogP contribution in [0.3, 0.4) is 0 Å². The van der Waals surface area contributed by atoms with Crippen molar-refractivity contribution in [2.24, 2.45) is 0 Å². The molecule has 2 aromatic carbocycles. The number of sulfone groups is 1. The van der Waals surface area contributed by atoms with Gasteiger partial charge in [0.15, 0.2) is 9.84 Å². The first kappa shape index (κ1) is 19.0. The molecule has 8 heteroatoms. The van der Waals surface area contributed by atoms with Crippen molar-refractivity contribution in [2.45, 2.75) is 12.6 Å². The van der Waals surface area contributed by atoms with E-state index in [1.54, 1.807) is 0 Å². The topological polar surface area (TPSA) is 76.6 Å². The third-order valence-corrected chi connectivity index (χ3v) is 7.38. The van der Waals surface area contributed by atoms with Gasteiger partial charge in [-0.2, -0.15) is 0 Å². The van der Waals surface area contributed by atoms with Crippen LogP contribution >= 0.6 is 11.3 Å². The predicted molar refractivity (Wildman–Crippen MR) is 109 cm³/mol. The highest BCUT2D eigenvalue weighted by molar-refractivity contribution is 7.91. The number of nitrogens with zero attached hydrogens (tertiary/aromatic N) is 2. The molecule has 1 unspecified atom stereocenters. The molecule has 28 heavy (non-hydrogen) atoms. The van der Waals surface area contributed by atoms with Gasteiger partial charge in [-0.3, -0.25) is 4.90 Å². The van der Waals surface area contributed by atoms with Crippen molar-refractivity contribution in [1.29, 1.82) is 0 Å². The largest absolute Gasteiger partial charge is 0.457 e. The van der Waals surface area contributed by atoms with Crippen molar-refractivity contribution >= 4 is 37.4 Å². The average molecular weight is 417 g/mol. The lowest BCUT2D eigenvalue weighted by Gasteiger charge is -2.33. The van der Waals surface area contributed by atoms with Crippen LogP contribution in [0.1, 0.15) is 16.6 Å². The van der Waals surface area contributed by atoms with Crippen molar-refractivity contribution in [3.63, 3.8) is 0 Å². The monoisotopic (exact) mass is 416 g/mol. The van der Waals surface area contributed by atoms with Crippen molar-refractivity contribution in [3.05, 3.63) is 65.2 Å².